The molecule has 0 amide bonds. The number of hydrogen-bond acceptors (Lipinski definition) is 1. The monoisotopic (exact) mass is 168 g/mol. The molecule has 0 saturated carbocycles. The van der Waals surface area contributed by atoms with E-state index in [1.165, 1.54) is 0 Å². The Balaban J connectivity index is 0. The van der Waals surface area contributed by atoms with Crippen LogP contribution >= 0.6 is 9.24 Å². The molecule has 3 heteroatoms. The second-order valence-electron chi connectivity index (χ2n) is 0.136. The molecule has 1 atom stereocenters. The SMILES string of the molecule is O=CP.[Pd]. The van der Waals surface area contributed by atoms with Crippen LogP contribution < -0.4 is 0 Å². The van der Waals surface area contributed by atoms with E-state index >= 15 is 0 Å². The van der Waals surface area contributed by atoms with Crippen molar-refractivity contribution < 1.29 is 25.2 Å². The normalized spacial score (nSPS) is 3.25. The van der Waals surface area contributed by atoms with E-state index in [2.05, 4.69) is 0 Å². The van der Waals surface area contributed by atoms with Gasteiger partial charge in [0.15, 0.2) is 0 Å². The zero-order valence-electron chi connectivity index (χ0n) is 1.88. The van der Waals surface area contributed by atoms with Gasteiger partial charge in [-0.05, 0) is 0 Å². The molecule has 0 N–H and O–H groups in total. The molecule has 1 unspecified atom stereocenters. The Morgan fingerprint density at radius 1 is 1.75 bits per heavy atom. The van der Waals surface area contributed by atoms with Crippen LogP contribution in [0.25, 0.3) is 0 Å². The summed E-state index contributed by atoms with van der Waals surface area (Å²) in [5.41, 5.74) is 0. The third-order valence-corrected chi connectivity index (χ3v) is 0. The zero-order valence-corrected chi connectivity index (χ0v) is 4.59. The van der Waals surface area contributed by atoms with Crippen molar-refractivity contribution in [3.63, 3.8) is 0 Å². The molecule has 0 saturated heterocycles. The summed E-state index contributed by atoms with van der Waals surface area (Å²) in [6.45, 7) is 0. The standard InChI is InChI=1S/CH3OP.Pd/c2-1-3;/h1H,3H2;. The number of rotatable bonds is 0. The first-order chi connectivity index (χ1) is 1.41. The summed E-state index contributed by atoms with van der Waals surface area (Å²) in [6.07, 6.45) is 0. The molecule has 1 nitrogen and oxygen atoms in total. The van der Waals surface area contributed by atoms with Crippen LogP contribution in [-0.2, 0) is 25.2 Å². The van der Waals surface area contributed by atoms with Gasteiger partial charge in [0, 0.05) is 20.4 Å². The van der Waals surface area contributed by atoms with Crippen LogP contribution in [-0.4, -0.2) is 6.03 Å². The van der Waals surface area contributed by atoms with Crippen LogP contribution in [0.1, 0.15) is 0 Å². The van der Waals surface area contributed by atoms with Crippen molar-refractivity contribution in [2.45, 2.75) is 0 Å². The van der Waals surface area contributed by atoms with E-state index in [-0.39, 0.29) is 20.4 Å². The van der Waals surface area contributed by atoms with Crippen LogP contribution in [0.5, 0.6) is 0 Å². The maximum absolute atomic E-state index is 8.77. The van der Waals surface area contributed by atoms with Gasteiger partial charge in [0.1, 0.15) is 6.03 Å². The van der Waals surface area contributed by atoms with Gasteiger partial charge in [-0.3, -0.25) is 4.79 Å². The largest absolute Gasteiger partial charge is 0.299 e. The van der Waals surface area contributed by atoms with Gasteiger partial charge < -0.3 is 0 Å². The molecule has 0 aliphatic carbocycles. The average molecular weight is 168 g/mol. The Morgan fingerprint density at radius 2 is 1.75 bits per heavy atom. The van der Waals surface area contributed by atoms with Gasteiger partial charge >= 0.3 is 0 Å². The van der Waals surface area contributed by atoms with Crippen LogP contribution in [0, 0.1) is 0 Å². The van der Waals surface area contributed by atoms with Gasteiger partial charge in [-0.25, -0.2) is 0 Å². The van der Waals surface area contributed by atoms with E-state index in [1.54, 1.807) is 0 Å². The summed E-state index contributed by atoms with van der Waals surface area (Å²) >= 11 is 0. The summed E-state index contributed by atoms with van der Waals surface area (Å²) in [7, 11) is 1.90. The minimum absolute atomic E-state index is 0. The van der Waals surface area contributed by atoms with Crippen molar-refractivity contribution in [1.29, 1.82) is 0 Å². The van der Waals surface area contributed by atoms with Gasteiger partial charge in [0.05, 0.1) is 0 Å². The molecule has 0 aliphatic rings. The van der Waals surface area contributed by atoms with Crippen LogP contribution in [0.3, 0.4) is 0 Å². The van der Waals surface area contributed by atoms with Gasteiger partial charge in [-0.15, -0.1) is 0 Å². The summed E-state index contributed by atoms with van der Waals surface area (Å²) in [6, 6.07) is 0.667. The molecule has 0 aliphatic heterocycles. The van der Waals surface area contributed by atoms with Crippen molar-refractivity contribution in [1.82, 2.24) is 0 Å². The third-order valence-electron chi connectivity index (χ3n) is 0. The fourth-order valence-corrected chi connectivity index (χ4v) is 0. The minimum atomic E-state index is 0. The second-order valence-corrected chi connectivity index (χ2v) is 0.408. The topological polar surface area (TPSA) is 17.1 Å². The molecule has 0 aromatic carbocycles. The smallest absolute Gasteiger partial charge is 0.135 e. The van der Waals surface area contributed by atoms with Gasteiger partial charge in [0.25, 0.3) is 0 Å². The second kappa shape index (κ2) is 9.24. The summed E-state index contributed by atoms with van der Waals surface area (Å²) < 4.78 is 0. The zero-order chi connectivity index (χ0) is 2.71. The van der Waals surface area contributed by atoms with Crippen molar-refractivity contribution >= 4 is 15.3 Å². The first-order valence-corrected chi connectivity index (χ1v) is 1.24. The van der Waals surface area contributed by atoms with Crippen LogP contribution in [0.2, 0.25) is 0 Å². The maximum Gasteiger partial charge on any atom is 0.135 e. The number of carbonyl (C=O) groups is 1. The van der Waals surface area contributed by atoms with Gasteiger partial charge in [0.2, 0.25) is 0 Å². The predicted octanol–water partition coefficient (Wildman–Crippen LogP) is 0.0492. The Hall–Kier alpha value is 0.762. The summed E-state index contributed by atoms with van der Waals surface area (Å²) in [4.78, 5) is 8.77. The Morgan fingerprint density at radius 3 is 1.75 bits per heavy atom. The first-order valence-electron chi connectivity index (χ1n) is 0.569. The fourth-order valence-electron chi connectivity index (χ4n) is 0. The fraction of sp³-hybridized carbons (Fsp3) is 0. The number of hydrogen-bond donors (Lipinski definition) is 0. The van der Waals surface area contributed by atoms with Crippen molar-refractivity contribution in [2.24, 2.45) is 0 Å². The van der Waals surface area contributed by atoms with E-state index in [4.69, 9.17) is 4.79 Å². The van der Waals surface area contributed by atoms with E-state index < -0.39 is 0 Å². The third kappa shape index (κ3) is 14.8. The molecule has 0 fully saturated rings. The molecular weight excluding hydrogens is 165 g/mol. The van der Waals surface area contributed by atoms with E-state index in [0.29, 0.717) is 6.03 Å². The molecule has 0 rings (SSSR count). The Bertz CT molecular complexity index is 15.5. The van der Waals surface area contributed by atoms with E-state index in [1.807, 2.05) is 9.24 Å². The first kappa shape index (κ1) is 8.83. The molecule has 28 valence electrons. The molecule has 0 aromatic heterocycles. The van der Waals surface area contributed by atoms with Crippen LogP contribution in [0.15, 0.2) is 0 Å². The van der Waals surface area contributed by atoms with Crippen molar-refractivity contribution in [2.75, 3.05) is 0 Å². The average Bonchev–Trinajstić information content (AvgIpc) is 0.918. The van der Waals surface area contributed by atoms with Gasteiger partial charge in [-0.1, -0.05) is 9.24 Å². The Kier molecular flexibility index (Phi) is 20.4. The van der Waals surface area contributed by atoms with E-state index in [0.717, 1.165) is 0 Å². The molecule has 0 radical (unpaired) electrons. The van der Waals surface area contributed by atoms with E-state index in [9.17, 15) is 0 Å². The van der Waals surface area contributed by atoms with Crippen LogP contribution in [0.4, 0.5) is 0 Å². The van der Waals surface area contributed by atoms with Crippen molar-refractivity contribution in [3.8, 4) is 0 Å². The predicted molar refractivity (Wildman–Crippen MR) is 16.5 cm³/mol. The molecule has 0 heterocycles. The molecule has 0 aromatic rings. The number of carbonyl (C=O) groups excluding carboxylic acids is 1. The Labute approximate surface area is 41.0 Å². The summed E-state index contributed by atoms with van der Waals surface area (Å²) in [5, 5.41) is 0. The quantitative estimate of drug-likeness (QED) is 0.284. The minimum Gasteiger partial charge on any atom is -0.299 e. The molecule has 0 spiro atoms. The van der Waals surface area contributed by atoms with Gasteiger partial charge in [-0.2, -0.15) is 0 Å². The molecular formula is CH3OPPd. The molecule has 4 heavy (non-hydrogen) atoms. The van der Waals surface area contributed by atoms with Crippen molar-refractivity contribution in [3.05, 3.63) is 0 Å². The molecule has 0 bridgehead atoms. The maximum atomic E-state index is 8.77. The summed E-state index contributed by atoms with van der Waals surface area (Å²) in [5.74, 6) is 0.